The molecule has 1 aromatic heterocycles. The largest absolute Gasteiger partial charge is 0.433 e. The van der Waals surface area contributed by atoms with E-state index in [0.717, 1.165) is 44.4 Å². The molecule has 1 fully saturated rings. The second-order valence-electron chi connectivity index (χ2n) is 8.96. The Balaban J connectivity index is 1.80. The van der Waals surface area contributed by atoms with Gasteiger partial charge in [0.15, 0.2) is 0 Å². The maximum atomic E-state index is 13.0. The quantitative estimate of drug-likeness (QED) is 0.436. The van der Waals surface area contributed by atoms with Gasteiger partial charge < -0.3 is 25.9 Å². The van der Waals surface area contributed by atoms with E-state index in [4.69, 9.17) is 5.41 Å². The Bertz CT molecular complexity index is 1080. The first-order valence-corrected chi connectivity index (χ1v) is 11.1. The number of carbonyl (C=O) groups excluding carboxylic acids is 2. The van der Waals surface area contributed by atoms with Crippen molar-refractivity contribution in [2.24, 2.45) is 0 Å². The Morgan fingerprint density at radius 2 is 1.94 bits per heavy atom. The lowest BCUT2D eigenvalue weighted by Gasteiger charge is -2.31. The molecular weight excluding hydrogens is 463 g/mol. The van der Waals surface area contributed by atoms with Gasteiger partial charge in [0.25, 0.3) is 5.91 Å². The third-order valence-electron chi connectivity index (χ3n) is 5.76. The molecule has 4 N–H and O–H groups in total. The van der Waals surface area contributed by atoms with Gasteiger partial charge >= 0.3 is 6.18 Å². The van der Waals surface area contributed by atoms with Crippen molar-refractivity contribution >= 4 is 17.9 Å². The number of aromatic nitrogens is 1. The monoisotopic (exact) mass is 491 g/mol. The van der Waals surface area contributed by atoms with Crippen molar-refractivity contribution in [3.8, 4) is 0 Å². The smallest absolute Gasteiger partial charge is 0.388 e. The lowest BCUT2D eigenvalue weighted by molar-refractivity contribution is -0.141. The van der Waals surface area contributed by atoms with E-state index in [-0.39, 0.29) is 23.0 Å². The zero-order valence-corrected chi connectivity index (χ0v) is 19.4. The molecule has 2 heterocycles. The second-order valence-corrected chi connectivity index (χ2v) is 8.96. The van der Waals surface area contributed by atoms with E-state index in [2.05, 4.69) is 20.5 Å². The molecule has 3 rings (SSSR count). The fraction of sp³-hybridized carbons (Fsp3) is 0.417. The molecule has 0 aromatic carbocycles. The average Bonchev–Trinajstić information content (AvgIpc) is 2.79. The number of carbonyl (C=O) groups is 2. The molecule has 0 bridgehead atoms. The minimum absolute atomic E-state index is 0.100. The van der Waals surface area contributed by atoms with Gasteiger partial charge in [-0.1, -0.05) is 6.07 Å². The molecule has 1 saturated heterocycles. The molecule has 35 heavy (non-hydrogen) atoms. The Labute approximate surface area is 201 Å². The molecule has 188 valence electrons. The zero-order valence-electron chi connectivity index (χ0n) is 19.4. The van der Waals surface area contributed by atoms with Crippen LogP contribution >= 0.6 is 0 Å². The summed E-state index contributed by atoms with van der Waals surface area (Å²) in [6, 6.07) is 3.17. The van der Waals surface area contributed by atoms with Crippen LogP contribution in [0.15, 0.2) is 53.4 Å². The van der Waals surface area contributed by atoms with Gasteiger partial charge in [-0.15, -0.1) is 0 Å². The molecule has 1 amide bonds. The molecule has 11 heteroatoms. The van der Waals surface area contributed by atoms with Crippen molar-refractivity contribution in [2.75, 3.05) is 19.6 Å². The standard InChI is InChI=1S/C24H28F3N5O3/c1-23(2,35)17-13-18(28)15(14-29-16-6-8-32(9-7-16)10-11-33)12-20(17)31-22(34)19-4-3-5-21(30-19)24(25,26)27/h3-5,11-14,16,28-29,35H,6-10H2,1-2H3,(H,31,34)/b15-14-,28-18?. The van der Waals surface area contributed by atoms with Crippen LogP contribution in [0.2, 0.25) is 0 Å². The number of amides is 1. The summed E-state index contributed by atoms with van der Waals surface area (Å²) in [4.78, 5) is 28.9. The Morgan fingerprint density at radius 1 is 1.26 bits per heavy atom. The number of rotatable bonds is 7. The number of likely N-dealkylation sites (tertiary alicyclic amines) is 1. The molecule has 2 aliphatic rings. The number of hydrogen-bond acceptors (Lipinski definition) is 7. The van der Waals surface area contributed by atoms with Crippen LogP contribution in [0.3, 0.4) is 0 Å². The number of nitrogens with one attached hydrogen (secondary N) is 3. The highest BCUT2D eigenvalue weighted by molar-refractivity contribution is 6.11. The van der Waals surface area contributed by atoms with Crippen molar-refractivity contribution in [2.45, 2.75) is 44.5 Å². The summed E-state index contributed by atoms with van der Waals surface area (Å²) in [5, 5.41) is 24.7. The Kier molecular flexibility index (Phi) is 7.91. The summed E-state index contributed by atoms with van der Waals surface area (Å²) in [7, 11) is 0. The van der Waals surface area contributed by atoms with Gasteiger partial charge in [0, 0.05) is 42.2 Å². The van der Waals surface area contributed by atoms with E-state index in [1.165, 1.54) is 32.1 Å². The first-order valence-electron chi connectivity index (χ1n) is 11.1. The molecule has 0 radical (unpaired) electrons. The Hall–Kier alpha value is -3.31. The van der Waals surface area contributed by atoms with Gasteiger partial charge in [-0.3, -0.25) is 9.69 Å². The molecule has 0 atom stereocenters. The zero-order chi connectivity index (χ0) is 25.8. The predicted octanol–water partition coefficient (Wildman–Crippen LogP) is 2.58. The van der Waals surface area contributed by atoms with Crippen molar-refractivity contribution in [1.82, 2.24) is 20.5 Å². The highest BCUT2D eigenvalue weighted by atomic mass is 19.4. The van der Waals surface area contributed by atoms with Crippen LogP contribution in [-0.2, 0) is 11.0 Å². The van der Waals surface area contributed by atoms with E-state index in [1.54, 1.807) is 6.20 Å². The lowest BCUT2D eigenvalue weighted by atomic mass is 9.87. The number of allylic oxidation sites excluding steroid dienone is 3. The molecule has 1 aromatic rings. The maximum absolute atomic E-state index is 13.0. The van der Waals surface area contributed by atoms with Gasteiger partial charge in [-0.05, 0) is 51.0 Å². The number of alkyl halides is 3. The first kappa shape index (κ1) is 26.3. The van der Waals surface area contributed by atoms with Gasteiger partial charge in [-0.2, -0.15) is 13.2 Å². The molecule has 0 spiro atoms. The van der Waals surface area contributed by atoms with E-state index < -0.39 is 29.1 Å². The molecule has 1 aliphatic heterocycles. The van der Waals surface area contributed by atoms with Gasteiger partial charge in [0.1, 0.15) is 17.7 Å². The number of pyridine rings is 1. The van der Waals surface area contributed by atoms with Crippen LogP contribution in [0.5, 0.6) is 0 Å². The summed E-state index contributed by atoms with van der Waals surface area (Å²) in [5.41, 5.74) is -2.12. The minimum atomic E-state index is -4.70. The number of piperidine rings is 1. The molecule has 0 saturated carbocycles. The SMILES string of the molecule is CC(C)(O)C1=CC(=N)/C(=C\NC2CCN(CC=O)CC2)C=C1NC(=O)c1cccc(C(F)(F)F)n1. The number of halogens is 3. The van der Waals surface area contributed by atoms with E-state index in [1.807, 2.05) is 0 Å². The normalized spacial score (nSPS) is 19.3. The van der Waals surface area contributed by atoms with Crippen LogP contribution in [0, 0.1) is 5.41 Å². The summed E-state index contributed by atoms with van der Waals surface area (Å²) in [6.45, 7) is 4.89. The van der Waals surface area contributed by atoms with Crippen LogP contribution in [0.25, 0.3) is 0 Å². The van der Waals surface area contributed by atoms with E-state index in [9.17, 15) is 27.9 Å². The summed E-state index contributed by atoms with van der Waals surface area (Å²) < 4.78 is 39.0. The highest BCUT2D eigenvalue weighted by Crippen LogP contribution is 2.29. The Morgan fingerprint density at radius 3 is 2.54 bits per heavy atom. The summed E-state index contributed by atoms with van der Waals surface area (Å²) >= 11 is 0. The summed E-state index contributed by atoms with van der Waals surface area (Å²) in [6.07, 6.45) is 2.36. The number of aldehydes is 1. The van der Waals surface area contributed by atoms with Crippen LogP contribution < -0.4 is 10.6 Å². The molecule has 8 nitrogen and oxygen atoms in total. The minimum Gasteiger partial charge on any atom is -0.388 e. The van der Waals surface area contributed by atoms with Crippen LogP contribution in [0.1, 0.15) is 42.9 Å². The lowest BCUT2D eigenvalue weighted by Crippen LogP contribution is -2.41. The topological polar surface area (TPSA) is 118 Å². The van der Waals surface area contributed by atoms with Gasteiger partial charge in [0.2, 0.25) is 0 Å². The fourth-order valence-corrected chi connectivity index (χ4v) is 3.85. The fourth-order valence-electron chi connectivity index (χ4n) is 3.85. The van der Waals surface area contributed by atoms with Crippen molar-refractivity contribution in [1.29, 1.82) is 5.41 Å². The molecule has 1 aliphatic carbocycles. The number of aliphatic hydroxyl groups is 1. The maximum Gasteiger partial charge on any atom is 0.433 e. The van der Waals surface area contributed by atoms with E-state index >= 15 is 0 Å². The van der Waals surface area contributed by atoms with Crippen LogP contribution in [-0.4, -0.2) is 64.2 Å². The van der Waals surface area contributed by atoms with Crippen molar-refractivity contribution < 1.29 is 27.9 Å². The first-order chi connectivity index (χ1) is 16.4. The average molecular weight is 492 g/mol. The number of nitrogens with zero attached hydrogens (tertiary/aromatic N) is 2. The third kappa shape index (κ3) is 6.86. The van der Waals surface area contributed by atoms with Gasteiger partial charge in [0.05, 0.1) is 17.9 Å². The molecule has 0 unspecified atom stereocenters. The second kappa shape index (κ2) is 10.5. The predicted molar refractivity (Wildman–Crippen MR) is 124 cm³/mol. The van der Waals surface area contributed by atoms with Crippen molar-refractivity contribution in [3.05, 3.63) is 64.8 Å². The highest BCUT2D eigenvalue weighted by Gasteiger charge is 2.33. The van der Waals surface area contributed by atoms with Crippen molar-refractivity contribution in [3.63, 3.8) is 0 Å². The third-order valence-corrected chi connectivity index (χ3v) is 5.76. The van der Waals surface area contributed by atoms with E-state index in [0.29, 0.717) is 12.1 Å². The summed E-state index contributed by atoms with van der Waals surface area (Å²) in [5.74, 6) is -0.874. The van der Waals surface area contributed by atoms with Crippen LogP contribution in [0.4, 0.5) is 13.2 Å². The number of hydrogen-bond donors (Lipinski definition) is 4. The molecular formula is C24H28F3N5O3. The van der Waals surface area contributed by atoms with Gasteiger partial charge in [-0.25, -0.2) is 4.98 Å².